The Morgan fingerprint density at radius 1 is 1.58 bits per heavy atom. The summed E-state index contributed by atoms with van der Waals surface area (Å²) in [6, 6.07) is 0. The maximum Gasteiger partial charge on any atom is 0.406 e. The summed E-state index contributed by atoms with van der Waals surface area (Å²) < 4.78 is 4.95. The van der Waals surface area contributed by atoms with Gasteiger partial charge in [-0.15, -0.1) is 0 Å². The Morgan fingerprint density at radius 2 is 2.37 bits per heavy atom. The van der Waals surface area contributed by atoms with E-state index < -0.39 is 11.7 Å². The van der Waals surface area contributed by atoms with Gasteiger partial charge >= 0.3 is 6.09 Å². The molecule has 6 nitrogen and oxygen atoms in total. The monoisotopic (exact) mass is 264 g/mol. The van der Waals surface area contributed by atoms with Gasteiger partial charge in [0.1, 0.15) is 0 Å². The Kier molecular flexibility index (Phi) is 3.71. The molecule has 0 aromatic rings. The second-order valence-electron chi connectivity index (χ2n) is 4.55. The summed E-state index contributed by atoms with van der Waals surface area (Å²) >= 11 is 0. The van der Waals surface area contributed by atoms with Crippen molar-refractivity contribution in [2.75, 3.05) is 13.1 Å². The van der Waals surface area contributed by atoms with E-state index in [2.05, 4.69) is 0 Å². The lowest BCUT2D eigenvalue weighted by molar-refractivity contribution is -0.124. The van der Waals surface area contributed by atoms with Crippen molar-refractivity contribution >= 4 is 11.9 Å². The molecule has 1 fully saturated rings. The zero-order valence-electron chi connectivity index (χ0n) is 10.4. The van der Waals surface area contributed by atoms with Crippen LogP contribution in [0.15, 0.2) is 36.6 Å². The quantitative estimate of drug-likeness (QED) is 0.754. The Balaban J connectivity index is 2.17. The van der Waals surface area contributed by atoms with E-state index in [1.54, 1.807) is 18.4 Å². The molecule has 102 valence electrons. The van der Waals surface area contributed by atoms with Gasteiger partial charge in [0.15, 0.2) is 0 Å². The van der Waals surface area contributed by atoms with Crippen molar-refractivity contribution in [1.82, 2.24) is 4.90 Å². The summed E-state index contributed by atoms with van der Waals surface area (Å²) in [5, 5.41) is 9.43. The van der Waals surface area contributed by atoms with E-state index in [0.29, 0.717) is 19.5 Å². The van der Waals surface area contributed by atoms with Crippen LogP contribution >= 0.6 is 0 Å². The first-order valence-electron chi connectivity index (χ1n) is 6.02. The number of likely N-dealkylation sites (tertiary alicyclic amines) is 1. The third-order valence-electron chi connectivity index (χ3n) is 3.08. The number of allylic oxidation sites excluding steroid dienone is 2. The maximum atomic E-state index is 11.9. The van der Waals surface area contributed by atoms with E-state index in [-0.39, 0.29) is 11.9 Å². The highest BCUT2D eigenvalue weighted by Crippen LogP contribution is 2.22. The minimum Gasteiger partial charge on any atom is -0.426 e. The summed E-state index contributed by atoms with van der Waals surface area (Å²) in [7, 11) is 0. The minimum atomic E-state index is -1.48. The average molecular weight is 264 g/mol. The molecule has 2 rings (SSSR count). The van der Waals surface area contributed by atoms with Gasteiger partial charge in [0.2, 0.25) is 11.4 Å². The largest absolute Gasteiger partial charge is 0.426 e. The Morgan fingerprint density at radius 3 is 2.95 bits per heavy atom. The third kappa shape index (κ3) is 3.03. The molecule has 0 aromatic heterocycles. The minimum absolute atomic E-state index is 0.366. The van der Waals surface area contributed by atoms with Crippen LogP contribution in [0.2, 0.25) is 0 Å². The van der Waals surface area contributed by atoms with E-state index >= 15 is 0 Å². The van der Waals surface area contributed by atoms with Gasteiger partial charge in [-0.1, -0.05) is 12.2 Å². The van der Waals surface area contributed by atoms with Crippen LogP contribution in [0.3, 0.4) is 0 Å². The standard InChI is InChI=1S/C13H16N2O4/c14-12(18)19-13(5-2-1-3-11(13)17)6-8-15-7-4-10(16)9-15/h1-3,5-6,8,10,16H,4,7,9H2,(H2,14,18)/t10-,13-/m0/s1. The second kappa shape index (κ2) is 5.27. The molecule has 1 aliphatic heterocycles. The fourth-order valence-electron chi connectivity index (χ4n) is 2.10. The Bertz CT molecular complexity index is 469. The summed E-state index contributed by atoms with van der Waals surface area (Å²) in [5.74, 6) is -0.371. The van der Waals surface area contributed by atoms with Gasteiger partial charge in [-0.3, -0.25) is 4.79 Å². The number of aliphatic hydroxyl groups is 1. The molecule has 19 heavy (non-hydrogen) atoms. The molecular formula is C13H16N2O4. The van der Waals surface area contributed by atoms with Gasteiger partial charge < -0.3 is 20.5 Å². The number of ether oxygens (including phenoxy) is 1. The molecule has 0 saturated carbocycles. The topological polar surface area (TPSA) is 92.9 Å². The van der Waals surface area contributed by atoms with Gasteiger partial charge in [0.05, 0.1) is 6.10 Å². The molecule has 1 saturated heterocycles. The molecule has 6 heteroatoms. The van der Waals surface area contributed by atoms with Crippen LogP contribution in [-0.4, -0.2) is 46.7 Å². The van der Waals surface area contributed by atoms with Crippen molar-refractivity contribution in [2.45, 2.75) is 18.1 Å². The number of β-amino-alcohol motifs (C(OH)–C–C–N with tert-alkyl or cyclic N) is 1. The average Bonchev–Trinajstić information content (AvgIpc) is 2.76. The SMILES string of the molecule is NC(=O)O[C@]1(C=CN2CC[C@H](O)C2)C=CC=CC1=O. The first-order valence-corrected chi connectivity index (χ1v) is 6.02. The van der Waals surface area contributed by atoms with Gasteiger partial charge in [-0.25, -0.2) is 4.79 Å². The van der Waals surface area contributed by atoms with Gasteiger partial charge in [0, 0.05) is 13.1 Å². The van der Waals surface area contributed by atoms with Crippen LogP contribution in [-0.2, 0) is 9.53 Å². The van der Waals surface area contributed by atoms with E-state index in [4.69, 9.17) is 10.5 Å². The number of hydrogen-bond acceptors (Lipinski definition) is 5. The maximum absolute atomic E-state index is 11.9. The zero-order chi connectivity index (χ0) is 13.9. The van der Waals surface area contributed by atoms with E-state index in [0.717, 1.165) is 0 Å². The number of rotatable bonds is 3. The number of hydrogen-bond donors (Lipinski definition) is 2. The van der Waals surface area contributed by atoms with Crippen molar-refractivity contribution in [3.63, 3.8) is 0 Å². The molecule has 1 heterocycles. The van der Waals surface area contributed by atoms with Crippen molar-refractivity contribution < 1.29 is 19.4 Å². The predicted molar refractivity (Wildman–Crippen MR) is 68.0 cm³/mol. The fraction of sp³-hybridized carbons (Fsp3) is 0.385. The lowest BCUT2D eigenvalue weighted by atomic mass is 9.93. The van der Waals surface area contributed by atoms with E-state index in [9.17, 15) is 14.7 Å². The molecule has 0 radical (unpaired) electrons. The summed E-state index contributed by atoms with van der Waals surface area (Å²) in [6.45, 7) is 1.19. The molecule has 2 aliphatic rings. The zero-order valence-corrected chi connectivity index (χ0v) is 10.4. The lowest BCUT2D eigenvalue weighted by Crippen LogP contribution is -2.41. The molecule has 0 unspecified atom stereocenters. The number of aliphatic hydroxyl groups excluding tert-OH is 1. The molecule has 2 atom stereocenters. The molecule has 1 amide bonds. The summed E-state index contributed by atoms with van der Waals surface area (Å²) in [5.41, 5.74) is 3.54. The highest BCUT2D eigenvalue weighted by molar-refractivity contribution is 6.02. The van der Waals surface area contributed by atoms with Crippen LogP contribution in [0.1, 0.15) is 6.42 Å². The number of nitrogens with zero attached hydrogens (tertiary/aromatic N) is 1. The molecule has 0 spiro atoms. The number of carbonyl (C=O) groups excluding carboxylic acids is 2. The second-order valence-corrected chi connectivity index (χ2v) is 4.55. The van der Waals surface area contributed by atoms with Crippen LogP contribution in [0.5, 0.6) is 0 Å². The molecule has 0 bridgehead atoms. The van der Waals surface area contributed by atoms with Gasteiger partial charge in [0.25, 0.3) is 0 Å². The first kappa shape index (κ1) is 13.4. The molecular weight excluding hydrogens is 248 g/mol. The van der Waals surface area contributed by atoms with Crippen LogP contribution < -0.4 is 5.73 Å². The number of ketones is 1. The highest BCUT2D eigenvalue weighted by Gasteiger charge is 2.36. The first-order chi connectivity index (χ1) is 9.02. The number of amides is 1. The molecule has 3 N–H and O–H groups in total. The lowest BCUT2D eigenvalue weighted by Gasteiger charge is -2.26. The summed E-state index contributed by atoms with van der Waals surface area (Å²) in [4.78, 5) is 24.8. The predicted octanol–water partition coefficient (Wildman–Crippen LogP) is 0.0959. The van der Waals surface area contributed by atoms with Crippen LogP contribution in [0, 0.1) is 0 Å². The normalized spacial score (nSPS) is 30.3. The van der Waals surface area contributed by atoms with Crippen molar-refractivity contribution in [1.29, 1.82) is 0 Å². The smallest absolute Gasteiger partial charge is 0.406 e. The molecule has 0 aromatic carbocycles. The van der Waals surface area contributed by atoms with E-state index in [1.807, 2.05) is 4.90 Å². The van der Waals surface area contributed by atoms with Crippen molar-refractivity contribution in [3.05, 3.63) is 36.6 Å². The fourth-order valence-corrected chi connectivity index (χ4v) is 2.10. The third-order valence-corrected chi connectivity index (χ3v) is 3.08. The number of carbonyl (C=O) groups is 2. The molecule has 1 aliphatic carbocycles. The number of nitrogens with two attached hydrogens (primary N) is 1. The number of primary amides is 1. The van der Waals surface area contributed by atoms with Crippen LogP contribution in [0.25, 0.3) is 0 Å². The van der Waals surface area contributed by atoms with Crippen LogP contribution in [0.4, 0.5) is 4.79 Å². The Labute approximate surface area is 110 Å². The Hall–Kier alpha value is -2.08. The summed E-state index contributed by atoms with van der Waals surface area (Å²) in [6.07, 6.45) is 8.42. The van der Waals surface area contributed by atoms with Gasteiger partial charge in [-0.2, -0.15) is 0 Å². The van der Waals surface area contributed by atoms with Crippen molar-refractivity contribution in [2.24, 2.45) is 5.73 Å². The van der Waals surface area contributed by atoms with Crippen molar-refractivity contribution in [3.8, 4) is 0 Å². The van der Waals surface area contributed by atoms with E-state index in [1.165, 1.54) is 18.2 Å². The van der Waals surface area contributed by atoms with Gasteiger partial charge in [-0.05, 0) is 30.8 Å². The highest BCUT2D eigenvalue weighted by atomic mass is 16.6.